The maximum absolute atomic E-state index is 12.9. The van der Waals surface area contributed by atoms with Crippen LogP contribution in [0.25, 0.3) is 6.08 Å². The summed E-state index contributed by atoms with van der Waals surface area (Å²) in [6.45, 7) is 3.30. The van der Waals surface area contributed by atoms with Crippen LogP contribution in [0.1, 0.15) is 16.7 Å². The molecule has 1 aromatic carbocycles. The van der Waals surface area contributed by atoms with E-state index in [1.54, 1.807) is 13.8 Å². The molecule has 0 bridgehead atoms. The van der Waals surface area contributed by atoms with E-state index in [1.807, 2.05) is 0 Å². The van der Waals surface area contributed by atoms with Gasteiger partial charge in [-0.2, -0.15) is 13.2 Å². The highest BCUT2D eigenvalue weighted by Gasteiger charge is 2.48. The molecule has 0 saturated heterocycles. The van der Waals surface area contributed by atoms with Crippen LogP contribution in [0, 0.1) is 13.8 Å². The third-order valence-electron chi connectivity index (χ3n) is 3.04. The average Bonchev–Trinajstić information content (AvgIpc) is 2.33. The molecule has 0 N–H and O–H groups in total. The predicted octanol–water partition coefficient (Wildman–Crippen LogP) is 4.43. The molecular formula is C13H9Cl2F3O2. The van der Waals surface area contributed by atoms with E-state index in [0.717, 1.165) is 6.08 Å². The van der Waals surface area contributed by atoms with E-state index in [1.165, 1.54) is 6.07 Å². The maximum Gasteiger partial charge on any atom is 0.429 e. The van der Waals surface area contributed by atoms with Gasteiger partial charge in [0.05, 0.1) is 5.57 Å². The van der Waals surface area contributed by atoms with E-state index >= 15 is 0 Å². The first-order valence-electron chi connectivity index (χ1n) is 5.57. The Bertz CT molecular complexity index is 621. The van der Waals surface area contributed by atoms with Gasteiger partial charge in [0.15, 0.2) is 0 Å². The van der Waals surface area contributed by atoms with E-state index in [2.05, 4.69) is 0 Å². The number of hydrogen-bond acceptors (Lipinski definition) is 2. The molecule has 2 rings (SSSR count). The minimum Gasteiger partial charge on any atom is -0.475 e. The smallest absolute Gasteiger partial charge is 0.429 e. The fourth-order valence-corrected chi connectivity index (χ4v) is 2.35. The van der Waals surface area contributed by atoms with E-state index < -0.39 is 23.1 Å². The molecule has 0 spiro atoms. The van der Waals surface area contributed by atoms with E-state index in [0.29, 0.717) is 21.7 Å². The Morgan fingerprint density at radius 3 is 2.45 bits per heavy atom. The van der Waals surface area contributed by atoms with Gasteiger partial charge in [-0.3, -0.25) is 4.79 Å². The molecule has 1 aromatic rings. The van der Waals surface area contributed by atoms with Gasteiger partial charge < -0.3 is 4.74 Å². The lowest BCUT2D eigenvalue weighted by atomic mass is 9.97. The molecular weight excluding hydrogens is 316 g/mol. The fourth-order valence-electron chi connectivity index (χ4n) is 2.04. The molecule has 0 aliphatic carbocycles. The van der Waals surface area contributed by atoms with Gasteiger partial charge in [0.2, 0.25) is 6.10 Å². The second-order valence-electron chi connectivity index (χ2n) is 4.46. The molecule has 2 nitrogen and oxygen atoms in total. The number of benzene rings is 1. The summed E-state index contributed by atoms with van der Waals surface area (Å²) in [6, 6.07) is 1.41. The van der Waals surface area contributed by atoms with Crippen molar-refractivity contribution in [2.24, 2.45) is 0 Å². The number of ether oxygens (including phenoxy) is 1. The predicted molar refractivity (Wildman–Crippen MR) is 70.2 cm³/mol. The highest BCUT2D eigenvalue weighted by molar-refractivity contribution is 6.68. The average molecular weight is 325 g/mol. The zero-order chi connectivity index (χ0) is 15.2. The van der Waals surface area contributed by atoms with Crippen LogP contribution < -0.4 is 4.74 Å². The van der Waals surface area contributed by atoms with Crippen molar-refractivity contribution in [2.45, 2.75) is 26.1 Å². The largest absolute Gasteiger partial charge is 0.475 e. The molecule has 1 aliphatic heterocycles. The summed E-state index contributed by atoms with van der Waals surface area (Å²) in [4.78, 5) is 11.2. The number of carbonyl (C=O) groups excluding carboxylic acids is 1. The second kappa shape index (κ2) is 4.97. The van der Waals surface area contributed by atoms with Crippen LogP contribution in [0.3, 0.4) is 0 Å². The van der Waals surface area contributed by atoms with Crippen molar-refractivity contribution < 1.29 is 22.7 Å². The number of aryl methyl sites for hydroxylation is 1. The van der Waals surface area contributed by atoms with Gasteiger partial charge >= 0.3 is 6.18 Å². The van der Waals surface area contributed by atoms with Crippen molar-refractivity contribution in [3.8, 4) is 5.75 Å². The van der Waals surface area contributed by atoms with Crippen LogP contribution in [0.4, 0.5) is 13.2 Å². The van der Waals surface area contributed by atoms with E-state index in [4.69, 9.17) is 27.9 Å². The quantitative estimate of drug-likeness (QED) is 0.714. The zero-order valence-corrected chi connectivity index (χ0v) is 12.0. The standard InChI is InChI=1S/C13H9Cl2F3O2/c1-5-3-9-7(6(2)10(5)14)4-8(12(15)19)11(20-9)13(16,17)18/h3-4,11H,1-2H3. The van der Waals surface area contributed by atoms with Crippen molar-refractivity contribution in [1.82, 2.24) is 0 Å². The van der Waals surface area contributed by atoms with Crippen molar-refractivity contribution >= 4 is 34.5 Å². The Balaban J connectivity index is 2.66. The molecule has 1 aliphatic rings. The van der Waals surface area contributed by atoms with Crippen LogP contribution in [-0.4, -0.2) is 17.5 Å². The highest BCUT2D eigenvalue weighted by Crippen LogP contribution is 2.41. The van der Waals surface area contributed by atoms with Gasteiger partial charge in [0.1, 0.15) is 5.75 Å². The topological polar surface area (TPSA) is 26.3 Å². The van der Waals surface area contributed by atoms with Gasteiger partial charge in [-0.05, 0) is 48.7 Å². The second-order valence-corrected chi connectivity index (χ2v) is 5.18. The van der Waals surface area contributed by atoms with Crippen molar-refractivity contribution in [3.63, 3.8) is 0 Å². The van der Waals surface area contributed by atoms with E-state index in [9.17, 15) is 18.0 Å². The lowest BCUT2D eigenvalue weighted by Gasteiger charge is -2.28. The van der Waals surface area contributed by atoms with Gasteiger partial charge in [0.25, 0.3) is 5.24 Å². The Hall–Kier alpha value is -1.20. The Morgan fingerprint density at radius 1 is 1.35 bits per heavy atom. The SMILES string of the molecule is Cc1cc2c(c(C)c1Cl)C=C(C(=O)Cl)C(C(F)(F)F)O2. The monoisotopic (exact) mass is 324 g/mol. The molecule has 1 atom stereocenters. The summed E-state index contributed by atoms with van der Waals surface area (Å²) in [5.74, 6) is 0.0355. The summed E-state index contributed by atoms with van der Waals surface area (Å²) in [5.41, 5.74) is 0.829. The fraction of sp³-hybridized carbons (Fsp3) is 0.308. The molecule has 108 valence electrons. The maximum atomic E-state index is 12.9. The lowest BCUT2D eigenvalue weighted by Crippen LogP contribution is -2.39. The number of rotatable bonds is 1. The molecule has 0 fully saturated rings. The summed E-state index contributed by atoms with van der Waals surface area (Å²) in [6.07, 6.45) is -6.00. The number of alkyl halides is 3. The van der Waals surface area contributed by atoms with Crippen molar-refractivity contribution in [2.75, 3.05) is 0 Å². The highest BCUT2D eigenvalue weighted by atomic mass is 35.5. The molecule has 0 amide bonds. The summed E-state index contributed by atoms with van der Waals surface area (Å²) < 4.78 is 43.7. The summed E-state index contributed by atoms with van der Waals surface area (Å²) >= 11 is 11.3. The van der Waals surface area contributed by atoms with Crippen LogP contribution in [-0.2, 0) is 4.79 Å². The molecule has 0 saturated carbocycles. The van der Waals surface area contributed by atoms with Gasteiger partial charge in [0, 0.05) is 10.6 Å². The molecule has 20 heavy (non-hydrogen) atoms. The molecule has 0 aromatic heterocycles. The van der Waals surface area contributed by atoms with Crippen LogP contribution in [0.2, 0.25) is 5.02 Å². The molecule has 1 heterocycles. The first kappa shape index (κ1) is 15.2. The van der Waals surface area contributed by atoms with Crippen LogP contribution in [0.5, 0.6) is 5.75 Å². The van der Waals surface area contributed by atoms with Gasteiger partial charge in [-0.1, -0.05) is 11.6 Å². The number of carbonyl (C=O) groups is 1. The van der Waals surface area contributed by atoms with Crippen molar-refractivity contribution in [1.29, 1.82) is 0 Å². The first-order chi connectivity index (χ1) is 9.12. The van der Waals surface area contributed by atoms with Crippen LogP contribution >= 0.6 is 23.2 Å². The van der Waals surface area contributed by atoms with Gasteiger partial charge in [-0.15, -0.1) is 0 Å². The number of fused-ring (bicyclic) bond motifs is 1. The molecule has 1 unspecified atom stereocenters. The first-order valence-corrected chi connectivity index (χ1v) is 6.33. The summed E-state index contributed by atoms with van der Waals surface area (Å²) in [7, 11) is 0. The van der Waals surface area contributed by atoms with Gasteiger partial charge in [-0.25, -0.2) is 0 Å². The number of hydrogen-bond donors (Lipinski definition) is 0. The Labute approximate surface area is 123 Å². The van der Waals surface area contributed by atoms with Crippen LogP contribution in [0.15, 0.2) is 11.6 Å². The minimum absolute atomic E-state index is 0.0355. The Morgan fingerprint density at radius 2 is 1.95 bits per heavy atom. The third-order valence-corrected chi connectivity index (χ3v) is 3.84. The van der Waals surface area contributed by atoms with Crippen molar-refractivity contribution in [3.05, 3.63) is 33.4 Å². The Kier molecular flexibility index (Phi) is 3.77. The zero-order valence-electron chi connectivity index (χ0n) is 10.4. The number of halogens is 5. The van der Waals surface area contributed by atoms with E-state index in [-0.39, 0.29) is 5.75 Å². The molecule has 0 radical (unpaired) electrons. The summed E-state index contributed by atoms with van der Waals surface area (Å²) in [5, 5.41) is -0.787. The third kappa shape index (κ3) is 2.52. The molecule has 7 heteroatoms. The normalized spacial score (nSPS) is 18.1. The lowest BCUT2D eigenvalue weighted by molar-refractivity contribution is -0.184. The minimum atomic E-state index is -4.73.